The first-order chi connectivity index (χ1) is 26.9. The normalized spacial score (nSPS) is 31.8. The molecule has 7 rings (SSSR count). The first kappa shape index (κ1) is 39.6. The Morgan fingerprint density at radius 2 is 1.47 bits per heavy atom. The Bertz CT molecular complexity index is 2310. The van der Waals surface area contributed by atoms with Crippen LogP contribution in [0.15, 0.2) is 84.9 Å². The average Bonchev–Trinajstić information content (AvgIpc) is 3.15. The molecule has 0 aliphatic heterocycles. The standard InChI is InChI=1S/C44H48N4O9/c1-21(2)33-37(52)32(40(45)55)38(53)44(57)39(54)34-36(51)31-25(22(3)42(34,4)29(43(33,44)5)20-30(49)46-24-14-7-6-8-15-24)18-19-28(35(31)50)48-41(56)47-27-17-11-13-23-12-9-10-16-26(23)27/h6-19,21-22,29,32-34,37,39,50,52,54,57H,20H2,1-5H3,(H2,45,55)(H,46,49)(H2,47,48,56)/t22-,29-,32-,33+,34-,37?,39?,42-,43-,44+/m1/s1. The number of urea groups is 1. The fourth-order valence-corrected chi connectivity index (χ4v) is 11.0. The number of phenolic OH excluding ortho intramolecular Hbond substituents is 1. The van der Waals surface area contributed by atoms with Crippen LogP contribution in [0.1, 0.15) is 62.9 Å². The smallest absolute Gasteiger partial charge is 0.323 e. The molecule has 13 nitrogen and oxygen atoms in total. The van der Waals surface area contributed by atoms with Gasteiger partial charge < -0.3 is 42.1 Å². The van der Waals surface area contributed by atoms with Crippen molar-refractivity contribution in [3.8, 4) is 5.75 Å². The molecule has 0 spiro atoms. The van der Waals surface area contributed by atoms with Crippen molar-refractivity contribution >= 4 is 57.2 Å². The van der Waals surface area contributed by atoms with Gasteiger partial charge in [0.15, 0.2) is 17.2 Å². The van der Waals surface area contributed by atoms with Crippen LogP contribution < -0.4 is 21.7 Å². The molecule has 0 aromatic heterocycles. The summed E-state index contributed by atoms with van der Waals surface area (Å²) in [4.78, 5) is 69.9. The second-order valence-corrected chi connectivity index (χ2v) is 16.6. The van der Waals surface area contributed by atoms with E-state index in [9.17, 15) is 39.6 Å². The van der Waals surface area contributed by atoms with Gasteiger partial charge in [0.1, 0.15) is 17.8 Å². The molecule has 3 aliphatic rings. The molecule has 4 aromatic carbocycles. The number of Topliss-reactive ketones (excluding diaryl/α,β-unsaturated/α-hetero) is 2. The van der Waals surface area contributed by atoms with E-state index in [-0.39, 0.29) is 17.7 Å². The molecule has 0 radical (unpaired) electrons. The van der Waals surface area contributed by atoms with Crippen molar-refractivity contribution in [3.05, 3.63) is 96.1 Å². The number of primary amides is 1. The van der Waals surface area contributed by atoms with Crippen molar-refractivity contribution in [3.63, 3.8) is 0 Å². The van der Waals surface area contributed by atoms with Crippen molar-refractivity contribution < 1.29 is 44.4 Å². The zero-order chi connectivity index (χ0) is 41.4. The van der Waals surface area contributed by atoms with Gasteiger partial charge in [0.2, 0.25) is 11.8 Å². The van der Waals surface area contributed by atoms with Crippen molar-refractivity contribution in [2.75, 3.05) is 16.0 Å². The number of aliphatic hydroxyl groups is 3. The quantitative estimate of drug-likeness (QED) is 0.0912. The minimum Gasteiger partial charge on any atom is -0.505 e. The van der Waals surface area contributed by atoms with Gasteiger partial charge in [-0.2, -0.15) is 0 Å². The van der Waals surface area contributed by atoms with Crippen LogP contribution >= 0.6 is 0 Å². The van der Waals surface area contributed by atoms with E-state index in [0.29, 0.717) is 16.9 Å². The number of fused-ring (bicyclic) bond motifs is 4. The van der Waals surface area contributed by atoms with Crippen molar-refractivity contribution in [2.24, 2.45) is 46.2 Å². The number of benzene rings is 4. The minimum atomic E-state index is -2.88. The van der Waals surface area contributed by atoms with Crippen LogP contribution in [0, 0.1) is 40.4 Å². The summed E-state index contributed by atoms with van der Waals surface area (Å²) in [7, 11) is 0. The lowest BCUT2D eigenvalue weighted by molar-refractivity contribution is -0.292. The maximum absolute atomic E-state index is 15.0. The number of rotatable bonds is 7. The number of phenols is 1. The summed E-state index contributed by atoms with van der Waals surface area (Å²) in [6.45, 7) is 8.50. The van der Waals surface area contributed by atoms with E-state index >= 15 is 4.79 Å². The number of para-hydroxylation sites is 1. The molecule has 9 N–H and O–H groups in total. The molecule has 10 atom stereocenters. The molecule has 13 heteroatoms. The van der Waals surface area contributed by atoms with Crippen LogP contribution in [0.5, 0.6) is 5.75 Å². The molecule has 4 amide bonds. The van der Waals surface area contributed by atoms with Gasteiger partial charge in [-0.15, -0.1) is 0 Å². The molecule has 0 saturated heterocycles. The average molecular weight is 777 g/mol. The van der Waals surface area contributed by atoms with Crippen LogP contribution in [0.3, 0.4) is 0 Å². The maximum atomic E-state index is 15.0. The largest absolute Gasteiger partial charge is 0.505 e. The first-order valence-corrected chi connectivity index (χ1v) is 19.1. The number of hydrogen-bond acceptors (Lipinski definition) is 9. The Hall–Kier alpha value is -5.63. The van der Waals surface area contributed by atoms with Crippen LogP contribution in [0.4, 0.5) is 21.9 Å². The van der Waals surface area contributed by atoms with Gasteiger partial charge in [-0.3, -0.25) is 19.2 Å². The number of hydrogen-bond donors (Lipinski definition) is 8. The number of nitrogens with two attached hydrogens (primary N) is 1. The summed E-state index contributed by atoms with van der Waals surface area (Å²) in [5.41, 5.74) is 0.549. The van der Waals surface area contributed by atoms with Crippen molar-refractivity contribution in [2.45, 2.75) is 64.8 Å². The molecular formula is C44H48N4O9. The number of aliphatic hydroxyl groups excluding tert-OH is 2. The number of carbonyl (C=O) groups is 5. The highest BCUT2D eigenvalue weighted by Crippen LogP contribution is 2.71. The third kappa shape index (κ3) is 5.73. The molecule has 0 heterocycles. The predicted molar refractivity (Wildman–Crippen MR) is 213 cm³/mol. The number of carbonyl (C=O) groups excluding carboxylic acids is 5. The zero-order valence-corrected chi connectivity index (χ0v) is 32.3. The number of amides is 4. The van der Waals surface area contributed by atoms with Gasteiger partial charge in [0.25, 0.3) is 0 Å². The Balaban J connectivity index is 1.35. The summed E-state index contributed by atoms with van der Waals surface area (Å²) < 4.78 is 0. The fraction of sp³-hybridized carbons (Fsp3) is 0.386. The zero-order valence-electron chi connectivity index (χ0n) is 32.3. The van der Waals surface area contributed by atoms with Gasteiger partial charge in [0.05, 0.1) is 29.0 Å². The van der Waals surface area contributed by atoms with E-state index < -0.39 is 99.3 Å². The summed E-state index contributed by atoms with van der Waals surface area (Å²) in [5, 5.41) is 59.0. The lowest BCUT2D eigenvalue weighted by Gasteiger charge is -2.71. The SMILES string of the molecule is CC(C)[C@H]1C(O)[C@@H](C(N)=O)C(=O)[C@]2(O)C(O)[C@H]3C(=O)c4c(ccc(NC(=O)Nc5cccc6ccccc56)c4O)[C@@H](C)[C@]3(C)[C@@H](CC(=O)Nc3ccccc3)[C@]12C. The number of anilines is 3. The Kier molecular flexibility index (Phi) is 9.78. The minimum absolute atomic E-state index is 0.117. The molecule has 57 heavy (non-hydrogen) atoms. The molecule has 2 fully saturated rings. The highest BCUT2D eigenvalue weighted by molar-refractivity contribution is 6.12. The van der Waals surface area contributed by atoms with Gasteiger partial charge >= 0.3 is 6.03 Å². The van der Waals surface area contributed by atoms with E-state index in [2.05, 4.69) is 16.0 Å². The van der Waals surface area contributed by atoms with Crippen LogP contribution in [-0.2, 0) is 14.4 Å². The third-order valence-corrected chi connectivity index (χ3v) is 13.7. The molecular weight excluding hydrogens is 729 g/mol. The van der Waals surface area contributed by atoms with Crippen LogP contribution in [-0.4, -0.2) is 67.6 Å². The topological polar surface area (TPSA) is 228 Å². The van der Waals surface area contributed by atoms with E-state index in [1.54, 1.807) is 76.2 Å². The third-order valence-electron chi connectivity index (χ3n) is 13.7. The van der Waals surface area contributed by atoms with E-state index in [1.165, 1.54) is 13.0 Å². The maximum Gasteiger partial charge on any atom is 0.323 e. The van der Waals surface area contributed by atoms with Crippen LogP contribution in [0.2, 0.25) is 0 Å². The van der Waals surface area contributed by atoms with Crippen LogP contribution in [0.25, 0.3) is 10.8 Å². The molecule has 4 aromatic rings. The van der Waals surface area contributed by atoms with Crippen molar-refractivity contribution in [1.29, 1.82) is 0 Å². The van der Waals surface area contributed by atoms with Crippen molar-refractivity contribution in [1.82, 2.24) is 0 Å². The fourth-order valence-electron chi connectivity index (χ4n) is 11.0. The molecule has 2 unspecified atom stereocenters. The lowest BCUT2D eigenvalue weighted by atomic mass is 9.33. The van der Waals surface area contributed by atoms with E-state index in [0.717, 1.165) is 10.8 Å². The highest BCUT2D eigenvalue weighted by atomic mass is 16.4. The lowest BCUT2D eigenvalue weighted by Crippen LogP contribution is -2.82. The molecule has 298 valence electrons. The van der Waals surface area contributed by atoms with Gasteiger partial charge in [-0.05, 0) is 64.3 Å². The Labute approximate surface area is 329 Å². The summed E-state index contributed by atoms with van der Waals surface area (Å²) in [6.07, 6.45) is -4.24. The summed E-state index contributed by atoms with van der Waals surface area (Å²) in [5.74, 6) is -11.4. The van der Waals surface area contributed by atoms with Gasteiger partial charge in [-0.25, -0.2) is 4.79 Å². The first-order valence-electron chi connectivity index (χ1n) is 19.1. The summed E-state index contributed by atoms with van der Waals surface area (Å²) in [6, 6.07) is 23.8. The molecule has 2 saturated carbocycles. The molecule has 3 aliphatic carbocycles. The van der Waals surface area contributed by atoms with E-state index in [4.69, 9.17) is 5.73 Å². The second kappa shape index (κ2) is 14.1. The van der Waals surface area contributed by atoms with Gasteiger partial charge in [0, 0.05) is 22.9 Å². The predicted octanol–water partition coefficient (Wildman–Crippen LogP) is 5.19. The number of aromatic hydroxyl groups is 1. The Morgan fingerprint density at radius 3 is 2.14 bits per heavy atom. The number of ketones is 2. The second-order valence-electron chi connectivity index (χ2n) is 16.6. The van der Waals surface area contributed by atoms with E-state index in [1.807, 2.05) is 30.3 Å². The summed E-state index contributed by atoms with van der Waals surface area (Å²) >= 11 is 0. The Morgan fingerprint density at radius 1 is 0.842 bits per heavy atom. The molecule has 0 bridgehead atoms. The highest BCUT2D eigenvalue weighted by Gasteiger charge is 2.80. The monoisotopic (exact) mass is 776 g/mol. The van der Waals surface area contributed by atoms with Gasteiger partial charge in [-0.1, -0.05) is 95.3 Å². The number of nitrogens with one attached hydrogen (secondary N) is 3.